The van der Waals surface area contributed by atoms with E-state index in [0.717, 1.165) is 34.5 Å². The smallest absolute Gasteiger partial charge is 0.188 e. The maximum absolute atomic E-state index is 5.94. The number of thioether (sulfide) groups is 2. The van der Waals surface area contributed by atoms with Crippen molar-refractivity contribution in [1.82, 2.24) is 9.97 Å². The first-order valence-electron chi connectivity index (χ1n) is 7.62. The van der Waals surface area contributed by atoms with E-state index in [-0.39, 0.29) is 0 Å². The molecule has 0 N–H and O–H groups in total. The van der Waals surface area contributed by atoms with Gasteiger partial charge in [0.25, 0.3) is 0 Å². The number of rotatable bonds is 4. The fourth-order valence-electron chi connectivity index (χ4n) is 2.81. The molecule has 1 aliphatic carbocycles. The van der Waals surface area contributed by atoms with Gasteiger partial charge in [0, 0.05) is 22.5 Å². The molecule has 2 nitrogen and oxygen atoms in total. The number of halogens is 1. The Bertz CT molecular complexity index is 861. The summed E-state index contributed by atoms with van der Waals surface area (Å²) >= 11 is 11.3. The van der Waals surface area contributed by atoms with Gasteiger partial charge in [-0.25, -0.2) is 9.97 Å². The Morgan fingerprint density at radius 1 is 1.17 bits per heavy atom. The van der Waals surface area contributed by atoms with Crippen LogP contribution >= 0.6 is 46.5 Å². The van der Waals surface area contributed by atoms with Crippen molar-refractivity contribution in [2.75, 3.05) is 6.26 Å². The molecule has 1 aliphatic rings. The molecule has 0 atom stereocenters. The van der Waals surface area contributed by atoms with Crippen LogP contribution in [0.3, 0.4) is 0 Å². The Labute approximate surface area is 159 Å². The maximum Gasteiger partial charge on any atom is 0.188 e. The summed E-state index contributed by atoms with van der Waals surface area (Å²) in [6.07, 6.45) is 6.28. The highest BCUT2D eigenvalue weighted by atomic mass is 35.5. The molecular weight excluding hydrogens is 376 g/mol. The summed E-state index contributed by atoms with van der Waals surface area (Å²) in [6.45, 7) is 0. The minimum Gasteiger partial charge on any atom is -0.231 e. The molecule has 2 aromatic heterocycles. The highest BCUT2D eigenvalue weighted by molar-refractivity contribution is 8.00. The van der Waals surface area contributed by atoms with Crippen LogP contribution in [0, 0.1) is 0 Å². The lowest BCUT2D eigenvalue weighted by Gasteiger charge is -2.17. The summed E-state index contributed by atoms with van der Waals surface area (Å²) in [4.78, 5) is 9.45. The maximum atomic E-state index is 5.94. The standard InChI is InChI=1S/C18H15ClN2S3/c1-22-17-15-13(10-23-17)5-4-12-8-20-18(21-16(12)15)24-9-11-2-6-14(19)7-3-11/h2-3,6-8,10H,4-5,9H2,1H3. The van der Waals surface area contributed by atoms with Crippen LogP contribution in [0.1, 0.15) is 16.7 Å². The quantitative estimate of drug-likeness (QED) is 0.404. The zero-order valence-electron chi connectivity index (χ0n) is 13.1. The predicted molar refractivity (Wildman–Crippen MR) is 106 cm³/mol. The highest BCUT2D eigenvalue weighted by Crippen LogP contribution is 2.42. The zero-order valence-corrected chi connectivity index (χ0v) is 16.3. The fraction of sp³-hybridized carbons (Fsp3) is 0.222. The molecule has 0 aliphatic heterocycles. The van der Waals surface area contributed by atoms with Crippen LogP contribution < -0.4 is 0 Å². The zero-order chi connectivity index (χ0) is 16.5. The molecular formula is C18H15ClN2S3. The van der Waals surface area contributed by atoms with Gasteiger partial charge in [-0.3, -0.25) is 0 Å². The van der Waals surface area contributed by atoms with Crippen LogP contribution in [0.25, 0.3) is 11.3 Å². The van der Waals surface area contributed by atoms with Gasteiger partial charge in [-0.15, -0.1) is 23.1 Å². The SMILES string of the molecule is CSc1scc2c1-c1nc(SCc3ccc(Cl)cc3)ncc1CC2. The van der Waals surface area contributed by atoms with Gasteiger partial charge in [-0.1, -0.05) is 35.5 Å². The van der Waals surface area contributed by atoms with Crippen molar-refractivity contribution in [1.29, 1.82) is 0 Å². The van der Waals surface area contributed by atoms with Crippen LogP contribution in [-0.4, -0.2) is 16.2 Å². The van der Waals surface area contributed by atoms with E-state index >= 15 is 0 Å². The van der Waals surface area contributed by atoms with E-state index in [1.165, 1.54) is 26.5 Å². The minimum absolute atomic E-state index is 0.767. The van der Waals surface area contributed by atoms with Gasteiger partial charge in [0.2, 0.25) is 0 Å². The average Bonchev–Trinajstić information content (AvgIpc) is 3.05. The molecule has 0 bridgehead atoms. The Balaban J connectivity index is 1.61. The minimum atomic E-state index is 0.767. The molecule has 0 spiro atoms. The van der Waals surface area contributed by atoms with Gasteiger partial charge in [0.15, 0.2) is 5.16 Å². The monoisotopic (exact) mass is 390 g/mol. The van der Waals surface area contributed by atoms with Crippen molar-refractivity contribution in [3.8, 4) is 11.3 Å². The largest absolute Gasteiger partial charge is 0.231 e. The van der Waals surface area contributed by atoms with E-state index < -0.39 is 0 Å². The van der Waals surface area contributed by atoms with E-state index in [0.29, 0.717) is 0 Å². The second-order valence-corrected chi connectivity index (χ2v) is 8.90. The molecule has 0 unspecified atom stereocenters. The molecule has 6 heteroatoms. The lowest BCUT2D eigenvalue weighted by Crippen LogP contribution is -2.06. The van der Waals surface area contributed by atoms with Crippen LogP contribution in [-0.2, 0) is 18.6 Å². The Morgan fingerprint density at radius 2 is 1.96 bits per heavy atom. The number of aryl methyl sites for hydroxylation is 2. The van der Waals surface area contributed by atoms with E-state index in [9.17, 15) is 0 Å². The first kappa shape index (κ1) is 16.5. The summed E-state index contributed by atoms with van der Waals surface area (Å²) in [5, 5.41) is 3.89. The van der Waals surface area contributed by atoms with E-state index in [2.05, 4.69) is 28.8 Å². The Hall–Kier alpha value is -1.01. The summed E-state index contributed by atoms with van der Waals surface area (Å²) < 4.78 is 1.36. The molecule has 0 fully saturated rings. The number of thiophene rings is 1. The third-order valence-electron chi connectivity index (χ3n) is 4.04. The second kappa shape index (κ2) is 7.08. The van der Waals surface area contributed by atoms with Crippen molar-refractivity contribution in [3.63, 3.8) is 0 Å². The Morgan fingerprint density at radius 3 is 2.75 bits per heavy atom. The van der Waals surface area contributed by atoms with Gasteiger partial charge in [-0.2, -0.15) is 0 Å². The third kappa shape index (κ3) is 3.23. The number of nitrogens with zero attached hydrogens (tertiary/aromatic N) is 2. The second-order valence-electron chi connectivity index (χ2n) is 5.57. The van der Waals surface area contributed by atoms with Crippen LogP contribution in [0.4, 0.5) is 0 Å². The molecule has 1 aromatic carbocycles. The topological polar surface area (TPSA) is 25.8 Å². The molecule has 122 valence electrons. The van der Waals surface area contributed by atoms with Gasteiger partial charge in [0.05, 0.1) is 9.90 Å². The molecule has 0 amide bonds. The van der Waals surface area contributed by atoms with Gasteiger partial charge in [-0.05, 0) is 53.3 Å². The average molecular weight is 391 g/mol. The van der Waals surface area contributed by atoms with Crippen molar-refractivity contribution >= 4 is 46.5 Å². The van der Waals surface area contributed by atoms with Gasteiger partial charge < -0.3 is 0 Å². The fourth-order valence-corrected chi connectivity index (χ4v) is 5.50. The summed E-state index contributed by atoms with van der Waals surface area (Å²) in [6, 6.07) is 7.95. The summed E-state index contributed by atoms with van der Waals surface area (Å²) in [5.41, 5.74) is 6.41. The highest BCUT2D eigenvalue weighted by Gasteiger charge is 2.23. The predicted octanol–water partition coefficient (Wildman–Crippen LogP) is 5.97. The van der Waals surface area contributed by atoms with Crippen molar-refractivity contribution in [2.45, 2.75) is 28.0 Å². The molecule has 2 heterocycles. The molecule has 3 aromatic rings. The normalized spacial score (nSPS) is 12.8. The molecule has 0 saturated carbocycles. The molecule has 24 heavy (non-hydrogen) atoms. The first-order chi connectivity index (χ1) is 11.7. The third-order valence-corrected chi connectivity index (χ3v) is 7.41. The number of aromatic nitrogens is 2. The first-order valence-corrected chi connectivity index (χ1v) is 11.1. The lowest BCUT2D eigenvalue weighted by molar-refractivity contribution is 0.868. The van der Waals surface area contributed by atoms with Crippen molar-refractivity contribution in [2.24, 2.45) is 0 Å². The summed E-state index contributed by atoms with van der Waals surface area (Å²) in [5.74, 6) is 0.849. The lowest BCUT2D eigenvalue weighted by atomic mass is 9.93. The molecule has 0 saturated heterocycles. The van der Waals surface area contributed by atoms with Crippen molar-refractivity contribution < 1.29 is 0 Å². The number of benzene rings is 1. The Kier molecular flexibility index (Phi) is 4.86. The van der Waals surface area contributed by atoms with Crippen LogP contribution in [0.2, 0.25) is 5.02 Å². The summed E-state index contributed by atoms with van der Waals surface area (Å²) in [7, 11) is 0. The van der Waals surface area contributed by atoms with Crippen LogP contribution in [0.15, 0.2) is 45.2 Å². The van der Waals surface area contributed by atoms with E-state index in [1.807, 2.05) is 41.4 Å². The van der Waals surface area contributed by atoms with E-state index in [1.54, 1.807) is 11.8 Å². The molecule has 0 radical (unpaired) electrons. The number of hydrogen-bond acceptors (Lipinski definition) is 5. The van der Waals surface area contributed by atoms with Crippen LogP contribution in [0.5, 0.6) is 0 Å². The number of hydrogen-bond donors (Lipinski definition) is 0. The van der Waals surface area contributed by atoms with E-state index in [4.69, 9.17) is 16.6 Å². The van der Waals surface area contributed by atoms with Gasteiger partial charge >= 0.3 is 0 Å². The molecule has 4 rings (SSSR count). The van der Waals surface area contributed by atoms with Gasteiger partial charge in [0.1, 0.15) is 0 Å². The number of fused-ring (bicyclic) bond motifs is 3. The van der Waals surface area contributed by atoms with Crippen molar-refractivity contribution in [3.05, 3.63) is 57.6 Å².